The molecule has 0 unspecified atom stereocenters. The van der Waals surface area contributed by atoms with Crippen molar-refractivity contribution in [3.8, 4) is 0 Å². The number of hydrogen-bond donors (Lipinski definition) is 0. The summed E-state index contributed by atoms with van der Waals surface area (Å²) in [6, 6.07) is 0. The Labute approximate surface area is 63.1 Å². The summed E-state index contributed by atoms with van der Waals surface area (Å²) in [5, 5.41) is 0. The largest absolute Gasteiger partial charge is 0.359 e. The van der Waals surface area contributed by atoms with Gasteiger partial charge in [0.2, 0.25) is 0 Å². The van der Waals surface area contributed by atoms with Crippen LogP contribution in [0.4, 0.5) is 0 Å². The summed E-state index contributed by atoms with van der Waals surface area (Å²) in [6.45, 7) is 4.48. The minimum Gasteiger partial charge on any atom is -0.359 e. The van der Waals surface area contributed by atoms with Crippen molar-refractivity contribution in [1.82, 2.24) is 9.80 Å². The van der Waals surface area contributed by atoms with Gasteiger partial charge in [-0.3, -0.25) is 0 Å². The maximum Gasteiger partial charge on any atom is 0.102 e. The van der Waals surface area contributed by atoms with E-state index in [1.54, 1.807) is 0 Å². The Hall–Kier alpha value is -0.660. The van der Waals surface area contributed by atoms with Crippen LogP contribution in [0.3, 0.4) is 0 Å². The van der Waals surface area contributed by atoms with Crippen molar-refractivity contribution in [3.63, 3.8) is 0 Å². The van der Waals surface area contributed by atoms with E-state index in [2.05, 4.69) is 50.1 Å². The molecule has 58 valence electrons. The first-order chi connectivity index (χ1) is 4.63. The summed E-state index contributed by atoms with van der Waals surface area (Å²) in [6.07, 6.45) is 4.79. The lowest BCUT2D eigenvalue weighted by Gasteiger charge is -2.30. The topological polar surface area (TPSA) is 6.48 Å². The lowest BCUT2D eigenvalue weighted by Crippen LogP contribution is -2.38. The van der Waals surface area contributed by atoms with Crippen molar-refractivity contribution in [3.05, 3.63) is 12.4 Å². The van der Waals surface area contributed by atoms with Gasteiger partial charge >= 0.3 is 0 Å². The highest BCUT2D eigenvalue weighted by Gasteiger charge is 2.22. The monoisotopic (exact) mass is 140 g/mol. The van der Waals surface area contributed by atoms with E-state index in [4.69, 9.17) is 0 Å². The van der Waals surface area contributed by atoms with E-state index >= 15 is 0 Å². The van der Waals surface area contributed by atoms with Crippen LogP contribution in [-0.4, -0.2) is 30.1 Å². The second kappa shape index (κ2) is 2.52. The molecule has 0 aliphatic carbocycles. The summed E-state index contributed by atoms with van der Waals surface area (Å²) in [4.78, 5) is 4.48. The van der Waals surface area contributed by atoms with E-state index in [0.29, 0.717) is 12.1 Å². The van der Waals surface area contributed by atoms with E-state index < -0.39 is 0 Å². The highest BCUT2D eigenvalue weighted by molar-refractivity contribution is 4.94. The standard InChI is InChI=1S/C8H16N2/c1-7(2)8-9(3)5-6-10(8)4/h5-8H,1-4H3. The van der Waals surface area contributed by atoms with E-state index in [1.807, 2.05) is 0 Å². The van der Waals surface area contributed by atoms with Gasteiger partial charge in [0, 0.05) is 26.5 Å². The Bertz CT molecular complexity index is 128. The second-order valence-electron chi connectivity index (χ2n) is 3.29. The van der Waals surface area contributed by atoms with Gasteiger partial charge in [0.15, 0.2) is 0 Å². The van der Waals surface area contributed by atoms with Crippen molar-refractivity contribution in [1.29, 1.82) is 0 Å². The van der Waals surface area contributed by atoms with E-state index in [-0.39, 0.29) is 0 Å². The molecular formula is C8H16N2. The van der Waals surface area contributed by atoms with Gasteiger partial charge in [-0.25, -0.2) is 0 Å². The average molecular weight is 140 g/mol. The molecule has 0 aromatic rings. The molecular weight excluding hydrogens is 124 g/mol. The minimum absolute atomic E-state index is 0.556. The summed E-state index contributed by atoms with van der Waals surface area (Å²) in [5.74, 6) is 0.685. The molecule has 0 N–H and O–H groups in total. The maximum atomic E-state index is 2.24. The zero-order valence-corrected chi connectivity index (χ0v) is 7.20. The van der Waals surface area contributed by atoms with Gasteiger partial charge in [-0.05, 0) is 5.92 Å². The van der Waals surface area contributed by atoms with Crippen molar-refractivity contribution >= 4 is 0 Å². The van der Waals surface area contributed by atoms with Crippen molar-refractivity contribution in [2.45, 2.75) is 20.0 Å². The smallest absolute Gasteiger partial charge is 0.102 e. The normalized spacial score (nSPS) is 19.7. The Morgan fingerprint density at radius 1 is 1.10 bits per heavy atom. The van der Waals surface area contributed by atoms with Crippen LogP contribution in [0.5, 0.6) is 0 Å². The third kappa shape index (κ3) is 1.11. The molecule has 0 atom stereocenters. The summed E-state index contributed by atoms with van der Waals surface area (Å²) >= 11 is 0. The van der Waals surface area contributed by atoms with Crippen molar-refractivity contribution < 1.29 is 0 Å². The number of hydrogen-bond acceptors (Lipinski definition) is 2. The lowest BCUT2D eigenvalue weighted by molar-refractivity contribution is 0.150. The van der Waals surface area contributed by atoms with Crippen LogP contribution in [0.1, 0.15) is 13.8 Å². The molecule has 0 saturated carbocycles. The van der Waals surface area contributed by atoms with Gasteiger partial charge in [-0.15, -0.1) is 0 Å². The first-order valence-corrected chi connectivity index (χ1v) is 3.75. The fraction of sp³-hybridized carbons (Fsp3) is 0.750. The molecule has 2 heteroatoms. The molecule has 1 heterocycles. The fourth-order valence-electron chi connectivity index (χ4n) is 1.61. The Morgan fingerprint density at radius 3 is 1.70 bits per heavy atom. The fourth-order valence-corrected chi connectivity index (χ4v) is 1.61. The SMILES string of the molecule is CC(C)C1N(C)C=CN1C. The van der Waals surface area contributed by atoms with Crippen molar-refractivity contribution in [2.24, 2.45) is 5.92 Å². The molecule has 0 saturated heterocycles. The van der Waals surface area contributed by atoms with Crippen LogP contribution in [-0.2, 0) is 0 Å². The molecule has 2 nitrogen and oxygen atoms in total. The minimum atomic E-state index is 0.556. The van der Waals surface area contributed by atoms with Crippen LogP contribution in [0.15, 0.2) is 12.4 Å². The van der Waals surface area contributed by atoms with Crippen LogP contribution < -0.4 is 0 Å². The quantitative estimate of drug-likeness (QED) is 0.542. The van der Waals surface area contributed by atoms with Crippen LogP contribution in [0, 0.1) is 5.92 Å². The first-order valence-electron chi connectivity index (χ1n) is 3.75. The molecule has 0 fully saturated rings. The number of nitrogens with zero attached hydrogens (tertiary/aromatic N) is 2. The maximum absolute atomic E-state index is 2.24. The Morgan fingerprint density at radius 2 is 1.50 bits per heavy atom. The predicted octanol–water partition coefficient (Wildman–Crippen LogP) is 1.32. The summed E-state index contributed by atoms with van der Waals surface area (Å²) in [5.41, 5.74) is 0. The Balaban J connectivity index is 2.60. The predicted molar refractivity (Wildman–Crippen MR) is 43.3 cm³/mol. The highest BCUT2D eigenvalue weighted by Crippen LogP contribution is 2.18. The third-order valence-corrected chi connectivity index (χ3v) is 1.97. The lowest BCUT2D eigenvalue weighted by atomic mass is 10.1. The van der Waals surface area contributed by atoms with Gasteiger partial charge in [0.05, 0.1) is 0 Å². The molecule has 0 radical (unpaired) electrons. The van der Waals surface area contributed by atoms with E-state index in [0.717, 1.165) is 0 Å². The molecule has 0 amide bonds. The molecule has 1 aliphatic rings. The molecule has 1 aliphatic heterocycles. The van der Waals surface area contributed by atoms with Crippen molar-refractivity contribution in [2.75, 3.05) is 14.1 Å². The molecule has 10 heavy (non-hydrogen) atoms. The van der Waals surface area contributed by atoms with Crippen LogP contribution >= 0.6 is 0 Å². The van der Waals surface area contributed by atoms with Crippen LogP contribution in [0.25, 0.3) is 0 Å². The van der Waals surface area contributed by atoms with Gasteiger partial charge in [0.25, 0.3) is 0 Å². The van der Waals surface area contributed by atoms with Gasteiger partial charge in [-0.2, -0.15) is 0 Å². The molecule has 0 aromatic heterocycles. The zero-order chi connectivity index (χ0) is 7.72. The van der Waals surface area contributed by atoms with E-state index in [9.17, 15) is 0 Å². The van der Waals surface area contributed by atoms with Gasteiger partial charge in [0.1, 0.15) is 6.17 Å². The highest BCUT2D eigenvalue weighted by atomic mass is 15.4. The second-order valence-corrected chi connectivity index (χ2v) is 3.29. The van der Waals surface area contributed by atoms with Gasteiger partial charge < -0.3 is 9.80 Å². The van der Waals surface area contributed by atoms with Crippen LogP contribution in [0.2, 0.25) is 0 Å². The Kier molecular flexibility index (Phi) is 1.88. The molecule has 0 spiro atoms. The molecule has 0 bridgehead atoms. The molecule has 1 rings (SSSR count). The average Bonchev–Trinajstić information content (AvgIpc) is 2.11. The zero-order valence-electron chi connectivity index (χ0n) is 7.20. The first kappa shape index (κ1) is 7.45. The summed E-state index contributed by atoms with van der Waals surface area (Å²) < 4.78 is 0. The number of rotatable bonds is 1. The summed E-state index contributed by atoms with van der Waals surface area (Å²) in [7, 11) is 4.23. The van der Waals surface area contributed by atoms with Gasteiger partial charge in [-0.1, -0.05) is 13.8 Å². The third-order valence-electron chi connectivity index (χ3n) is 1.97. The molecule has 0 aromatic carbocycles. The van der Waals surface area contributed by atoms with E-state index in [1.165, 1.54) is 0 Å².